The number of aromatic nitrogens is 3. The first-order chi connectivity index (χ1) is 13.5. The van der Waals surface area contributed by atoms with Crippen LogP contribution in [-0.2, 0) is 17.9 Å². The first-order valence-corrected chi connectivity index (χ1v) is 10.5. The molecule has 0 saturated carbocycles. The third-order valence-electron chi connectivity index (χ3n) is 4.55. The molecule has 5 nitrogen and oxygen atoms in total. The number of carbonyl (C=O) groups excluding carboxylic acids is 1. The average Bonchev–Trinajstić information content (AvgIpc) is 3.11. The molecule has 0 spiro atoms. The van der Waals surface area contributed by atoms with E-state index < -0.39 is 0 Å². The molecule has 1 heterocycles. The summed E-state index contributed by atoms with van der Waals surface area (Å²) in [7, 11) is 1.83. The highest BCUT2D eigenvalue weighted by atomic mass is 35.5. The highest BCUT2D eigenvalue weighted by Crippen LogP contribution is 2.25. The molecule has 3 rings (SSSR count). The average molecular weight is 415 g/mol. The summed E-state index contributed by atoms with van der Waals surface area (Å²) < 4.78 is 2.02. The molecule has 0 N–H and O–H groups in total. The zero-order valence-electron chi connectivity index (χ0n) is 16.2. The van der Waals surface area contributed by atoms with Crippen LogP contribution in [0.3, 0.4) is 0 Å². The maximum Gasteiger partial charge on any atom is 0.233 e. The Labute approximate surface area is 174 Å². The molecule has 28 heavy (non-hydrogen) atoms. The van der Waals surface area contributed by atoms with Crippen molar-refractivity contribution in [2.75, 3.05) is 12.8 Å². The molecule has 146 valence electrons. The third kappa shape index (κ3) is 4.75. The number of halogens is 1. The van der Waals surface area contributed by atoms with Gasteiger partial charge in [0.2, 0.25) is 5.91 Å². The number of thioether (sulfide) groups is 1. The van der Waals surface area contributed by atoms with Crippen molar-refractivity contribution in [3.63, 3.8) is 0 Å². The lowest BCUT2D eigenvalue weighted by Crippen LogP contribution is -2.28. The van der Waals surface area contributed by atoms with Gasteiger partial charge in [0.1, 0.15) is 0 Å². The van der Waals surface area contributed by atoms with E-state index in [1.54, 1.807) is 4.90 Å². The van der Waals surface area contributed by atoms with Gasteiger partial charge in [-0.2, -0.15) is 0 Å². The fourth-order valence-electron chi connectivity index (χ4n) is 2.86. The van der Waals surface area contributed by atoms with Crippen LogP contribution in [0, 0.1) is 6.92 Å². The van der Waals surface area contributed by atoms with Gasteiger partial charge in [-0.05, 0) is 49.2 Å². The van der Waals surface area contributed by atoms with Gasteiger partial charge in [0, 0.05) is 30.7 Å². The van der Waals surface area contributed by atoms with Gasteiger partial charge in [0.25, 0.3) is 0 Å². The Morgan fingerprint density at radius 3 is 2.54 bits per heavy atom. The van der Waals surface area contributed by atoms with Crippen LogP contribution in [0.25, 0.3) is 11.4 Å². The molecule has 0 atom stereocenters. The lowest BCUT2D eigenvalue weighted by molar-refractivity contribution is -0.127. The molecule has 3 aromatic rings. The maximum atomic E-state index is 12.6. The van der Waals surface area contributed by atoms with Crippen LogP contribution >= 0.6 is 23.4 Å². The molecule has 0 radical (unpaired) electrons. The Morgan fingerprint density at radius 2 is 1.86 bits per heavy atom. The van der Waals surface area contributed by atoms with Crippen molar-refractivity contribution in [1.29, 1.82) is 0 Å². The molecule has 1 amide bonds. The van der Waals surface area contributed by atoms with Gasteiger partial charge < -0.3 is 9.47 Å². The van der Waals surface area contributed by atoms with Crippen molar-refractivity contribution in [3.05, 3.63) is 64.7 Å². The minimum atomic E-state index is 0.0620. The third-order valence-corrected chi connectivity index (χ3v) is 5.76. The molecule has 0 aliphatic rings. The van der Waals surface area contributed by atoms with Crippen molar-refractivity contribution in [2.24, 2.45) is 0 Å². The molecule has 0 saturated heterocycles. The van der Waals surface area contributed by atoms with Crippen molar-refractivity contribution >= 4 is 29.3 Å². The van der Waals surface area contributed by atoms with E-state index in [0.29, 0.717) is 17.3 Å². The molecule has 1 aromatic heterocycles. The minimum Gasteiger partial charge on any atom is -0.341 e. The number of hydrogen-bond acceptors (Lipinski definition) is 4. The number of benzene rings is 2. The number of nitrogens with zero attached hydrogens (tertiary/aromatic N) is 4. The van der Waals surface area contributed by atoms with Crippen LogP contribution < -0.4 is 0 Å². The summed E-state index contributed by atoms with van der Waals surface area (Å²) in [6.45, 7) is 5.42. The van der Waals surface area contributed by atoms with Gasteiger partial charge in [-0.3, -0.25) is 4.79 Å². The van der Waals surface area contributed by atoms with Crippen molar-refractivity contribution in [2.45, 2.75) is 32.1 Å². The summed E-state index contributed by atoms with van der Waals surface area (Å²) in [5, 5.41) is 10.0. The van der Waals surface area contributed by atoms with E-state index in [2.05, 4.69) is 29.3 Å². The van der Waals surface area contributed by atoms with E-state index in [0.717, 1.165) is 28.7 Å². The first-order valence-electron chi connectivity index (χ1n) is 9.10. The van der Waals surface area contributed by atoms with Crippen LogP contribution in [0.2, 0.25) is 5.02 Å². The van der Waals surface area contributed by atoms with Crippen LogP contribution in [0.5, 0.6) is 0 Å². The molecular weight excluding hydrogens is 392 g/mol. The Bertz CT molecular complexity index is 955. The summed E-state index contributed by atoms with van der Waals surface area (Å²) in [6.07, 6.45) is 0. The first kappa shape index (κ1) is 20.4. The van der Waals surface area contributed by atoms with Crippen molar-refractivity contribution < 1.29 is 4.79 Å². The second kappa shape index (κ2) is 9.26. The smallest absolute Gasteiger partial charge is 0.233 e. The molecule has 0 aliphatic carbocycles. The van der Waals surface area contributed by atoms with E-state index in [9.17, 15) is 4.79 Å². The SMILES string of the molecule is CCn1c(SCC(=O)N(C)Cc2ccccc2C)nnc1-c1ccc(Cl)cc1. The van der Waals surface area contributed by atoms with Gasteiger partial charge in [0.15, 0.2) is 11.0 Å². The maximum absolute atomic E-state index is 12.6. The number of hydrogen-bond donors (Lipinski definition) is 0. The molecule has 0 fully saturated rings. The lowest BCUT2D eigenvalue weighted by Gasteiger charge is -2.18. The van der Waals surface area contributed by atoms with Gasteiger partial charge in [0.05, 0.1) is 5.75 Å². The second-order valence-corrected chi connectivity index (χ2v) is 7.90. The van der Waals surface area contributed by atoms with E-state index in [1.807, 2.05) is 54.9 Å². The van der Waals surface area contributed by atoms with Gasteiger partial charge in [-0.1, -0.05) is 47.6 Å². The molecule has 0 unspecified atom stereocenters. The normalized spacial score (nSPS) is 10.9. The molecular formula is C21H23ClN4OS. The summed E-state index contributed by atoms with van der Waals surface area (Å²) in [4.78, 5) is 14.3. The van der Waals surface area contributed by atoms with Gasteiger partial charge in [-0.15, -0.1) is 10.2 Å². The fourth-order valence-corrected chi connectivity index (χ4v) is 3.93. The van der Waals surface area contributed by atoms with Crippen LogP contribution in [0.15, 0.2) is 53.7 Å². The number of amides is 1. The Balaban J connectivity index is 1.66. The number of rotatable bonds is 7. The Morgan fingerprint density at radius 1 is 1.14 bits per heavy atom. The predicted octanol–water partition coefficient (Wildman–Crippen LogP) is 4.68. The Hall–Kier alpha value is -2.31. The highest BCUT2D eigenvalue weighted by molar-refractivity contribution is 7.99. The topological polar surface area (TPSA) is 51.0 Å². The molecule has 7 heteroatoms. The fraction of sp³-hybridized carbons (Fsp3) is 0.286. The van der Waals surface area contributed by atoms with Crippen molar-refractivity contribution in [1.82, 2.24) is 19.7 Å². The zero-order chi connectivity index (χ0) is 20.1. The quantitative estimate of drug-likeness (QED) is 0.527. The molecule has 0 bridgehead atoms. The van der Waals surface area contributed by atoms with E-state index in [-0.39, 0.29) is 5.91 Å². The summed E-state index contributed by atoms with van der Waals surface area (Å²) in [6, 6.07) is 15.6. The number of carbonyl (C=O) groups is 1. The van der Waals surface area contributed by atoms with E-state index >= 15 is 0 Å². The minimum absolute atomic E-state index is 0.0620. The summed E-state index contributed by atoms with van der Waals surface area (Å²) in [5.41, 5.74) is 3.30. The largest absolute Gasteiger partial charge is 0.341 e. The molecule has 0 aliphatic heterocycles. The van der Waals surface area contributed by atoms with Crippen LogP contribution in [0.4, 0.5) is 0 Å². The standard InChI is InChI=1S/C21H23ClN4OS/c1-4-26-20(16-9-11-18(22)12-10-16)23-24-21(26)28-14-19(27)25(3)13-17-8-6-5-7-15(17)2/h5-12H,4,13-14H2,1-3H3. The van der Waals surface area contributed by atoms with Gasteiger partial charge >= 0.3 is 0 Å². The summed E-state index contributed by atoms with van der Waals surface area (Å²) in [5.74, 6) is 1.16. The summed E-state index contributed by atoms with van der Waals surface area (Å²) >= 11 is 7.38. The van der Waals surface area contributed by atoms with Gasteiger partial charge in [-0.25, -0.2) is 0 Å². The van der Waals surface area contributed by atoms with Crippen molar-refractivity contribution in [3.8, 4) is 11.4 Å². The van der Waals surface area contributed by atoms with E-state index in [4.69, 9.17) is 11.6 Å². The monoisotopic (exact) mass is 414 g/mol. The Kier molecular flexibility index (Phi) is 6.75. The lowest BCUT2D eigenvalue weighted by atomic mass is 10.1. The highest BCUT2D eigenvalue weighted by Gasteiger charge is 2.16. The van der Waals surface area contributed by atoms with Crippen LogP contribution in [0.1, 0.15) is 18.1 Å². The number of aryl methyl sites for hydroxylation is 1. The van der Waals surface area contributed by atoms with Crippen LogP contribution in [-0.4, -0.2) is 38.4 Å². The second-order valence-electron chi connectivity index (χ2n) is 6.52. The zero-order valence-corrected chi connectivity index (χ0v) is 17.8. The van der Waals surface area contributed by atoms with E-state index in [1.165, 1.54) is 17.3 Å². The molecule has 2 aromatic carbocycles. The predicted molar refractivity (Wildman–Crippen MR) is 115 cm³/mol.